The van der Waals surface area contributed by atoms with Crippen molar-refractivity contribution in [1.29, 1.82) is 0 Å². The number of rotatable bonds is 7. The van der Waals surface area contributed by atoms with Crippen LogP contribution >= 0.6 is 0 Å². The largest absolute Gasteiger partial charge is 0.310 e. The van der Waals surface area contributed by atoms with E-state index in [1.165, 1.54) is 138 Å². The molecular formula is C67H53N. The second kappa shape index (κ2) is 16.0. The summed E-state index contributed by atoms with van der Waals surface area (Å²) in [5.41, 5.74) is 24.6. The van der Waals surface area contributed by atoms with Gasteiger partial charge >= 0.3 is 0 Å². The highest BCUT2D eigenvalue weighted by atomic mass is 15.1. The standard InChI is InChI=1S/C67H53N/c1-66(2)60-33-12-9-27-54(60)59-32-19-31-58(65(59)66)52-25-8-7-24-50(52)46-36-38-48(39-37-46)68(49-40-41-55-53-26-10-13-34-61(53)67(62(55)44-49)42-15-4-16-43-67)63-35-14-11-28-56(63)57-30-18-23-47-22-17-29-51(64(47)57)45-20-5-3-6-21-45/h3,5-14,17-41,44H,4,15-16,42-43H2,1-2H3. The summed E-state index contributed by atoms with van der Waals surface area (Å²) in [5.74, 6) is 0. The molecule has 1 fully saturated rings. The van der Waals surface area contributed by atoms with Crippen molar-refractivity contribution in [1.82, 2.24) is 0 Å². The first-order chi connectivity index (χ1) is 33.5. The van der Waals surface area contributed by atoms with Crippen molar-refractivity contribution in [2.75, 3.05) is 4.90 Å². The molecule has 13 rings (SSSR count). The lowest BCUT2D eigenvalue weighted by Gasteiger charge is -2.37. The summed E-state index contributed by atoms with van der Waals surface area (Å²) < 4.78 is 0. The Labute approximate surface area is 401 Å². The number of hydrogen-bond donors (Lipinski definition) is 0. The zero-order chi connectivity index (χ0) is 45.4. The van der Waals surface area contributed by atoms with Crippen LogP contribution in [0.15, 0.2) is 224 Å². The highest BCUT2D eigenvalue weighted by Gasteiger charge is 2.44. The van der Waals surface area contributed by atoms with Gasteiger partial charge in [0.2, 0.25) is 0 Å². The molecule has 68 heavy (non-hydrogen) atoms. The monoisotopic (exact) mass is 871 g/mol. The van der Waals surface area contributed by atoms with Gasteiger partial charge in [-0.05, 0) is 137 Å². The second-order valence-electron chi connectivity index (χ2n) is 19.8. The summed E-state index contributed by atoms with van der Waals surface area (Å²) in [6.07, 6.45) is 6.21. The van der Waals surface area contributed by atoms with Gasteiger partial charge in [0.25, 0.3) is 0 Å². The van der Waals surface area contributed by atoms with Crippen LogP contribution < -0.4 is 4.90 Å². The van der Waals surface area contributed by atoms with E-state index in [4.69, 9.17) is 0 Å². The smallest absolute Gasteiger partial charge is 0.0540 e. The van der Waals surface area contributed by atoms with Crippen molar-refractivity contribution in [2.24, 2.45) is 0 Å². The lowest BCUT2D eigenvalue weighted by atomic mass is 9.68. The summed E-state index contributed by atoms with van der Waals surface area (Å²) in [5, 5.41) is 2.50. The molecule has 1 nitrogen and oxygen atoms in total. The van der Waals surface area contributed by atoms with Crippen molar-refractivity contribution in [2.45, 2.75) is 56.8 Å². The van der Waals surface area contributed by atoms with E-state index < -0.39 is 0 Å². The first-order valence-electron chi connectivity index (χ1n) is 24.6. The van der Waals surface area contributed by atoms with E-state index in [-0.39, 0.29) is 10.8 Å². The van der Waals surface area contributed by atoms with Crippen LogP contribution in [0.25, 0.3) is 77.5 Å². The predicted octanol–water partition coefficient (Wildman–Crippen LogP) is 18.5. The van der Waals surface area contributed by atoms with Crippen LogP contribution in [0.5, 0.6) is 0 Å². The Hall–Kier alpha value is -7.74. The van der Waals surface area contributed by atoms with Crippen molar-refractivity contribution >= 4 is 27.8 Å². The topological polar surface area (TPSA) is 3.24 Å². The van der Waals surface area contributed by atoms with Gasteiger partial charge in [-0.2, -0.15) is 0 Å². The van der Waals surface area contributed by atoms with Crippen molar-refractivity contribution in [3.63, 3.8) is 0 Å². The SMILES string of the molecule is CC1(C)c2ccccc2-c2cccc(-c3ccccc3-c3ccc(N(c4ccc5c(c4)C4(CCCCC4)c4ccccc4-5)c4ccccc4-c4cccc5cccc(-c6ccccc6)c45)cc3)c21. The molecule has 0 aliphatic heterocycles. The molecule has 10 aromatic rings. The molecule has 3 aliphatic rings. The number of anilines is 3. The minimum atomic E-state index is -0.118. The minimum Gasteiger partial charge on any atom is -0.310 e. The predicted molar refractivity (Wildman–Crippen MR) is 287 cm³/mol. The molecule has 1 spiro atoms. The summed E-state index contributed by atoms with van der Waals surface area (Å²) in [4.78, 5) is 2.54. The van der Waals surface area contributed by atoms with E-state index in [0.717, 1.165) is 11.4 Å². The average Bonchev–Trinajstić information content (AvgIpc) is 3.80. The maximum absolute atomic E-state index is 2.56. The van der Waals surface area contributed by atoms with Crippen LogP contribution in [0.1, 0.15) is 68.2 Å². The molecule has 0 amide bonds. The van der Waals surface area contributed by atoms with Crippen LogP contribution in [0, 0.1) is 0 Å². The van der Waals surface area contributed by atoms with Gasteiger partial charge in [-0.3, -0.25) is 0 Å². The molecule has 0 atom stereocenters. The molecule has 0 unspecified atom stereocenters. The van der Waals surface area contributed by atoms with Crippen LogP contribution in [0.4, 0.5) is 17.1 Å². The molecule has 3 aliphatic carbocycles. The van der Waals surface area contributed by atoms with E-state index in [9.17, 15) is 0 Å². The highest BCUT2D eigenvalue weighted by molar-refractivity contribution is 6.09. The van der Waals surface area contributed by atoms with Crippen molar-refractivity contribution in [3.8, 4) is 66.8 Å². The Morgan fingerprint density at radius 2 is 0.853 bits per heavy atom. The second-order valence-corrected chi connectivity index (χ2v) is 19.8. The van der Waals surface area contributed by atoms with Gasteiger partial charge in [0.15, 0.2) is 0 Å². The van der Waals surface area contributed by atoms with E-state index >= 15 is 0 Å². The number of benzene rings is 10. The first kappa shape index (κ1) is 40.5. The van der Waals surface area contributed by atoms with Gasteiger partial charge < -0.3 is 4.90 Å². The lowest BCUT2D eigenvalue weighted by molar-refractivity contribution is 0.353. The molecule has 1 heteroatoms. The minimum absolute atomic E-state index is 0.0344. The molecule has 0 bridgehead atoms. The zero-order valence-corrected chi connectivity index (χ0v) is 38.8. The Morgan fingerprint density at radius 1 is 0.338 bits per heavy atom. The third-order valence-electron chi connectivity index (χ3n) is 15.9. The number of hydrogen-bond acceptors (Lipinski definition) is 1. The van der Waals surface area contributed by atoms with Gasteiger partial charge in [-0.1, -0.05) is 227 Å². The lowest BCUT2D eigenvalue weighted by Crippen LogP contribution is -2.28. The molecule has 10 aromatic carbocycles. The molecule has 0 saturated heterocycles. The van der Waals surface area contributed by atoms with E-state index in [2.05, 4.69) is 243 Å². The maximum atomic E-state index is 2.56. The Balaban J connectivity index is 0.992. The van der Waals surface area contributed by atoms with E-state index in [1.807, 2.05) is 0 Å². The zero-order valence-electron chi connectivity index (χ0n) is 38.8. The van der Waals surface area contributed by atoms with Crippen molar-refractivity contribution < 1.29 is 0 Å². The summed E-state index contributed by atoms with van der Waals surface area (Å²) in [7, 11) is 0. The third-order valence-corrected chi connectivity index (χ3v) is 15.9. The Bertz CT molecular complexity index is 3560. The first-order valence-corrected chi connectivity index (χ1v) is 24.6. The average molecular weight is 872 g/mol. The quantitative estimate of drug-likeness (QED) is 0.154. The number of para-hydroxylation sites is 1. The Morgan fingerprint density at radius 3 is 1.60 bits per heavy atom. The molecular weight excluding hydrogens is 819 g/mol. The number of nitrogens with zero attached hydrogens (tertiary/aromatic N) is 1. The van der Waals surface area contributed by atoms with E-state index in [0.29, 0.717) is 0 Å². The Kier molecular flexibility index (Phi) is 9.51. The van der Waals surface area contributed by atoms with Gasteiger partial charge in [-0.15, -0.1) is 0 Å². The van der Waals surface area contributed by atoms with Gasteiger partial charge in [0, 0.05) is 27.8 Å². The highest BCUT2D eigenvalue weighted by Crippen LogP contribution is 2.58. The molecule has 0 N–H and O–H groups in total. The van der Waals surface area contributed by atoms with Crippen molar-refractivity contribution in [3.05, 3.63) is 247 Å². The van der Waals surface area contributed by atoms with Gasteiger partial charge in [0.05, 0.1) is 5.69 Å². The van der Waals surface area contributed by atoms with Gasteiger partial charge in [-0.25, -0.2) is 0 Å². The van der Waals surface area contributed by atoms with Crippen LogP contribution in [0.3, 0.4) is 0 Å². The molecule has 0 aromatic heterocycles. The fourth-order valence-electron chi connectivity index (χ4n) is 12.9. The summed E-state index contributed by atoms with van der Waals surface area (Å²) in [6, 6.07) is 84.4. The normalized spacial score (nSPS) is 14.9. The van der Waals surface area contributed by atoms with Crippen LogP contribution in [0.2, 0.25) is 0 Å². The summed E-state index contributed by atoms with van der Waals surface area (Å²) in [6.45, 7) is 4.78. The summed E-state index contributed by atoms with van der Waals surface area (Å²) >= 11 is 0. The van der Waals surface area contributed by atoms with Gasteiger partial charge in [0.1, 0.15) is 0 Å². The molecule has 0 radical (unpaired) electrons. The molecule has 0 heterocycles. The van der Waals surface area contributed by atoms with Crippen LogP contribution in [-0.2, 0) is 10.8 Å². The third kappa shape index (κ3) is 6.22. The van der Waals surface area contributed by atoms with E-state index in [1.54, 1.807) is 0 Å². The van der Waals surface area contributed by atoms with Crippen LogP contribution in [-0.4, -0.2) is 0 Å². The maximum Gasteiger partial charge on any atom is 0.0540 e. The molecule has 1 saturated carbocycles. The fraction of sp³-hybridized carbons (Fsp3) is 0.134. The molecule has 326 valence electrons. The fourth-order valence-corrected chi connectivity index (χ4v) is 12.9. The number of fused-ring (bicyclic) bond motifs is 9.